The van der Waals surface area contributed by atoms with Crippen molar-refractivity contribution >= 4 is 11.6 Å². The van der Waals surface area contributed by atoms with Gasteiger partial charge < -0.3 is 16.2 Å². The lowest BCUT2D eigenvalue weighted by molar-refractivity contribution is 0.1000. The lowest BCUT2D eigenvalue weighted by Gasteiger charge is -2.11. The summed E-state index contributed by atoms with van der Waals surface area (Å²) in [6, 6.07) is 12.6. The van der Waals surface area contributed by atoms with Gasteiger partial charge in [0.1, 0.15) is 12.4 Å². The van der Waals surface area contributed by atoms with Crippen molar-refractivity contribution in [3.8, 4) is 5.75 Å². The molecule has 0 saturated carbocycles. The molecule has 0 aromatic heterocycles. The normalized spacial score (nSPS) is 10.1. The molecule has 0 fully saturated rings. The van der Waals surface area contributed by atoms with Crippen LogP contribution >= 0.6 is 0 Å². The number of hydrogen-bond donors (Lipinski definition) is 2. The Balaban J connectivity index is 2.08. The average Bonchev–Trinajstić information content (AvgIpc) is 2.47. The lowest BCUT2D eigenvalue weighted by Crippen LogP contribution is -2.10. The topological polar surface area (TPSA) is 78.3 Å². The Kier molecular flexibility index (Phi) is 4.61. The van der Waals surface area contributed by atoms with Crippen LogP contribution in [-0.4, -0.2) is 5.91 Å². The van der Waals surface area contributed by atoms with Gasteiger partial charge >= 0.3 is 0 Å². The minimum atomic E-state index is -0.436. The first-order valence-corrected chi connectivity index (χ1v) is 6.61. The molecule has 1 amide bonds. The highest BCUT2D eigenvalue weighted by Gasteiger charge is 2.05. The molecule has 0 unspecified atom stereocenters. The minimum absolute atomic E-state index is 0.410. The van der Waals surface area contributed by atoms with Crippen molar-refractivity contribution in [2.24, 2.45) is 5.73 Å². The summed E-state index contributed by atoms with van der Waals surface area (Å²) in [5.41, 5.74) is 14.1. The Bertz CT molecular complexity index is 648. The van der Waals surface area contributed by atoms with E-state index in [0.717, 1.165) is 16.9 Å². The van der Waals surface area contributed by atoms with Crippen LogP contribution in [0.5, 0.6) is 5.75 Å². The molecule has 2 aromatic rings. The van der Waals surface area contributed by atoms with E-state index in [4.69, 9.17) is 16.2 Å². The minimum Gasteiger partial charge on any atom is -0.489 e. The number of carbonyl (C=O) groups excluding carboxylic acids is 1. The van der Waals surface area contributed by atoms with Crippen LogP contribution in [0, 0.1) is 0 Å². The summed E-state index contributed by atoms with van der Waals surface area (Å²) < 4.78 is 5.81. The van der Waals surface area contributed by atoms with E-state index in [9.17, 15) is 4.79 Å². The first kappa shape index (κ1) is 14.7. The third-order valence-corrected chi connectivity index (χ3v) is 3.08. The maximum Gasteiger partial charge on any atom is 0.248 e. The molecular formula is C17H18N2O2. The molecule has 108 valence electrons. The number of hydrogen-bond acceptors (Lipinski definition) is 3. The van der Waals surface area contributed by atoms with E-state index in [1.165, 1.54) is 0 Å². The molecule has 0 saturated heterocycles. The van der Waals surface area contributed by atoms with Gasteiger partial charge in [-0.05, 0) is 47.9 Å². The summed E-state index contributed by atoms with van der Waals surface area (Å²) in [5.74, 6) is 0.345. The van der Waals surface area contributed by atoms with Gasteiger partial charge in [0.2, 0.25) is 5.91 Å². The van der Waals surface area contributed by atoms with Gasteiger partial charge in [-0.3, -0.25) is 4.79 Å². The van der Waals surface area contributed by atoms with Crippen LogP contribution in [0.1, 0.15) is 21.5 Å². The van der Waals surface area contributed by atoms with E-state index >= 15 is 0 Å². The maximum atomic E-state index is 11.0. The molecule has 2 aromatic carbocycles. The van der Waals surface area contributed by atoms with Gasteiger partial charge in [0.05, 0.1) is 0 Å². The van der Waals surface area contributed by atoms with Crippen LogP contribution in [0.15, 0.2) is 55.1 Å². The second-order valence-corrected chi connectivity index (χ2v) is 4.71. The Hall–Kier alpha value is -2.75. The van der Waals surface area contributed by atoms with Gasteiger partial charge in [-0.2, -0.15) is 0 Å². The highest BCUT2D eigenvalue weighted by atomic mass is 16.5. The molecule has 4 nitrogen and oxygen atoms in total. The van der Waals surface area contributed by atoms with Crippen LogP contribution in [0.25, 0.3) is 0 Å². The Morgan fingerprint density at radius 3 is 2.52 bits per heavy atom. The smallest absolute Gasteiger partial charge is 0.248 e. The van der Waals surface area contributed by atoms with Crippen LogP contribution in [0.4, 0.5) is 5.69 Å². The lowest BCUT2D eigenvalue weighted by atomic mass is 10.1. The van der Waals surface area contributed by atoms with E-state index in [1.807, 2.05) is 30.3 Å². The highest BCUT2D eigenvalue weighted by molar-refractivity contribution is 5.92. The molecule has 0 spiro atoms. The molecule has 21 heavy (non-hydrogen) atoms. The molecule has 0 atom stereocenters. The fourth-order valence-electron chi connectivity index (χ4n) is 1.98. The Labute approximate surface area is 124 Å². The van der Waals surface area contributed by atoms with E-state index in [-0.39, 0.29) is 0 Å². The van der Waals surface area contributed by atoms with Crippen LogP contribution in [0.2, 0.25) is 0 Å². The number of nitrogens with two attached hydrogens (primary N) is 2. The monoisotopic (exact) mass is 282 g/mol. The zero-order valence-electron chi connectivity index (χ0n) is 11.7. The molecule has 4 heteroatoms. The fraction of sp³-hybridized carbons (Fsp3) is 0.118. The number of ether oxygens (including phenoxy) is 1. The number of benzene rings is 2. The first-order valence-electron chi connectivity index (χ1n) is 6.61. The van der Waals surface area contributed by atoms with Crippen LogP contribution < -0.4 is 16.2 Å². The number of allylic oxidation sites excluding steroid dienone is 1. The van der Waals surface area contributed by atoms with Gasteiger partial charge in [0.25, 0.3) is 0 Å². The molecule has 4 N–H and O–H groups in total. The summed E-state index contributed by atoms with van der Waals surface area (Å²) in [7, 11) is 0. The quantitative estimate of drug-likeness (QED) is 0.631. The van der Waals surface area contributed by atoms with E-state index in [2.05, 4.69) is 6.58 Å². The third kappa shape index (κ3) is 3.86. The van der Waals surface area contributed by atoms with Gasteiger partial charge in [0.15, 0.2) is 0 Å². The second kappa shape index (κ2) is 6.61. The first-order chi connectivity index (χ1) is 10.1. The maximum absolute atomic E-state index is 11.0. The zero-order valence-corrected chi connectivity index (χ0v) is 11.7. The van der Waals surface area contributed by atoms with Gasteiger partial charge in [-0.15, -0.1) is 6.58 Å². The average molecular weight is 282 g/mol. The summed E-state index contributed by atoms with van der Waals surface area (Å²) >= 11 is 0. The predicted molar refractivity (Wildman–Crippen MR) is 84.0 cm³/mol. The molecule has 0 aliphatic carbocycles. The summed E-state index contributed by atoms with van der Waals surface area (Å²) in [6.07, 6.45) is 2.50. The van der Waals surface area contributed by atoms with Crippen molar-refractivity contribution in [3.05, 3.63) is 71.8 Å². The van der Waals surface area contributed by atoms with Crippen molar-refractivity contribution in [1.82, 2.24) is 0 Å². The van der Waals surface area contributed by atoms with Gasteiger partial charge in [-0.25, -0.2) is 0 Å². The van der Waals surface area contributed by atoms with Crippen molar-refractivity contribution < 1.29 is 9.53 Å². The number of nitrogen functional groups attached to an aromatic ring is 1. The van der Waals surface area contributed by atoms with E-state index in [1.54, 1.807) is 18.2 Å². The van der Waals surface area contributed by atoms with Crippen molar-refractivity contribution in [2.75, 3.05) is 5.73 Å². The highest BCUT2D eigenvalue weighted by Crippen LogP contribution is 2.23. The standard InChI is InChI=1S/C17H18N2O2/c1-2-3-14-10-15(18)8-9-16(14)21-11-12-4-6-13(7-5-12)17(19)20/h2,4-10H,1,3,11,18H2,(H2,19,20). The van der Waals surface area contributed by atoms with Crippen molar-refractivity contribution in [2.45, 2.75) is 13.0 Å². The number of anilines is 1. The van der Waals surface area contributed by atoms with Gasteiger partial charge in [0, 0.05) is 11.3 Å². The summed E-state index contributed by atoms with van der Waals surface area (Å²) in [4.78, 5) is 11.0. The molecule has 0 aliphatic heterocycles. The molecule has 2 rings (SSSR count). The molecule has 0 bridgehead atoms. The van der Waals surface area contributed by atoms with E-state index in [0.29, 0.717) is 24.3 Å². The molecule has 0 aliphatic rings. The van der Waals surface area contributed by atoms with Crippen molar-refractivity contribution in [3.63, 3.8) is 0 Å². The van der Waals surface area contributed by atoms with Crippen LogP contribution in [-0.2, 0) is 13.0 Å². The molecule has 0 heterocycles. The number of carbonyl (C=O) groups is 1. The summed E-state index contributed by atoms with van der Waals surface area (Å²) in [6.45, 7) is 4.14. The fourth-order valence-corrected chi connectivity index (χ4v) is 1.98. The Morgan fingerprint density at radius 1 is 1.19 bits per heavy atom. The van der Waals surface area contributed by atoms with Gasteiger partial charge in [-0.1, -0.05) is 18.2 Å². The third-order valence-electron chi connectivity index (χ3n) is 3.08. The Morgan fingerprint density at radius 2 is 1.90 bits per heavy atom. The molecular weight excluding hydrogens is 264 g/mol. The summed E-state index contributed by atoms with van der Waals surface area (Å²) in [5, 5.41) is 0. The number of amides is 1. The van der Waals surface area contributed by atoms with E-state index < -0.39 is 5.91 Å². The number of rotatable bonds is 6. The predicted octanol–water partition coefficient (Wildman–Crippen LogP) is 2.68. The largest absolute Gasteiger partial charge is 0.489 e. The number of primary amides is 1. The second-order valence-electron chi connectivity index (χ2n) is 4.71. The molecule has 0 radical (unpaired) electrons. The van der Waals surface area contributed by atoms with Crippen molar-refractivity contribution in [1.29, 1.82) is 0 Å². The SMILES string of the molecule is C=CCc1cc(N)ccc1OCc1ccc(C(N)=O)cc1. The van der Waals surface area contributed by atoms with Crippen LogP contribution in [0.3, 0.4) is 0 Å². The zero-order chi connectivity index (χ0) is 15.2.